The van der Waals surface area contributed by atoms with Crippen molar-refractivity contribution in [2.24, 2.45) is 4.99 Å². The highest BCUT2D eigenvalue weighted by molar-refractivity contribution is 7.10. The minimum Gasteiger partial charge on any atom is -0.357 e. The van der Waals surface area contributed by atoms with E-state index in [0.717, 1.165) is 38.6 Å². The number of hydrogen-bond donors (Lipinski definition) is 2. The SMILES string of the molecule is CCNC(=NCCN1CCc2sccc2C1)NC(C)CC. The highest BCUT2D eigenvalue weighted by atomic mass is 32.1. The molecular weight excluding hydrogens is 280 g/mol. The first-order chi connectivity index (χ1) is 10.2. The van der Waals surface area contributed by atoms with E-state index >= 15 is 0 Å². The molecule has 1 unspecified atom stereocenters. The van der Waals surface area contributed by atoms with Crippen LogP contribution in [0.3, 0.4) is 0 Å². The molecule has 0 aromatic carbocycles. The van der Waals surface area contributed by atoms with Gasteiger partial charge in [0, 0.05) is 37.1 Å². The minimum absolute atomic E-state index is 0.464. The van der Waals surface area contributed by atoms with Gasteiger partial charge in [0.15, 0.2) is 5.96 Å². The van der Waals surface area contributed by atoms with Crippen LogP contribution in [-0.2, 0) is 13.0 Å². The Labute approximate surface area is 132 Å². The van der Waals surface area contributed by atoms with Crippen LogP contribution in [0.2, 0.25) is 0 Å². The third kappa shape index (κ3) is 5.00. The molecule has 5 heteroatoms. The maximum atomic E-state index is 4.69. The van der Waals surface area contributed by atoms with Crippen molar-refractivity contribution in [3.8, 4) is 0 Å². The first-order valence-corrected chi connectivity index (χ1v) is 8.93. The number of aliphatic imine (C=N–C) groups is 1. The third-order valence-electron chi connectivity index (χ3n) is 3.91. The Morgan fingerprint density at radius 2 is 2.33 bits per heavy atom. The molecule has 2 rings (SSSR count). The summed E-state index contributed by atoms with van der Waals surface area (Å²) < 4.78 is 0. The second kappa shape index (κ2) is 8.39. The summed E-state index contributed by atoms with van der Waals surface area (Å²) in [6, 6.07) is 2.73. The molecule has 0 radical (unpaired) electrons. The maximum Gasteiger partial charge on any atom is 0.191 e. The third-order valence-corrected chi connectivity index (χ3v) is 4.94. The fraction of sp³-hybridized carbons (Fsp3) is 0.688. The van der Waals surface area contributed by atoms with Crippen molar-refractivity contribution in [1.82, 2.24) is 15.5 Å². The Kier molecular flexibility index (Phi) is 6.51. The van der Waals surface area contributed by atoms with Gasteiger partial charge in [-0.25, -0.2) is 0 Å². The Hall–Kier alpha value is -1.07. The molecule has 118 valence electrons. The highest BCUT2D eigenvalue weighted by Crippen LogP contribution is 2.23. The molecule has 1 aliphatic heterocycles. The molecule has 1 aromatic heterocycles. The maximum absolute atomic E-state index is 4.69. The lowest BCUT2D eigenvalue weighted by molar-refractivity contribution is 0.263. The number of thiophene rings is 1. The molecule has 1 aliphatic rings. The van der Waals surface area contributed by atoms with Gasteiger partial charge in [-0.3, -0.25) is 9.89 Å². The van der Waals surface area contributed by atoms with Gasteiger partial charge < -0.3 is 10.6 Å². The zero-order chi connectivity index (χ0) is 15.1. The van der Waals surface area contributed by atoms with Crippen molar-refractivity contribution in [3.63, 3.8) is 0 Å². The molecular formula is C16H28N4S. The van der Waals surface area contributed by atoms with E-state index in [4.69, 9.17) is 4.99 Å². The molecule has 0 fully saturated rings. The monoisotopic (exact) mass is 308 g/mol. The first kappa shape index (κ1) is 16.3. The van der Waals surface area contributed by atoms with Crippen molar-refractivity contribution < 1.29 is 0 Å². The fourth-order valence-electron chi connectivity index (χ4n) is 2.46. The summed E-state index contributed by atoms with van der Waals surface area (Å²) >= 11 is 1.90. The van der Waals surface area contributed by atoms with E-state index in [1.807, 2.05) is 11.3 Å². The standard InChI is InChI=1S/C16H28N4S/c1-4-13(3)19-16(17-5-2)18-8-10-20-9-6-15-14(12-20)7-11-21-15/h7,11,13H,4-6,8-10,12H2,1-3H3,(H2,17,18,19). The molecule has 4 nitrogen and oxygen atoms in total. The summed E-state index contributed by atoms with van der Waals surface area (Å²) in [7, 11) is 0. The van der Waals surface area contributed by atoms with Crippen LogP contribution in [0.25, 0.3) is 0 Å². The van der Waals surface area contributed by atoms with Gasteiger partial charge in [-0.15, -0.1) is 11.3 Å². The topological polar surface area (TPSA) is 39.7 Å². The van der Waals surface area contributed by atoms with Gasteiger partial charge in [0.25, 0.3) is 0 Å². The lowest BCUT2D eigenvalue weighted by Gasteiger charge is -2.26. The van der Waals surface area contributed by atoms with Crippen molar-refractivity contribution in [2.75, 3.05) is 26.2 Å². The molecule has 0 aliphatic carbocycles. The Bertz CT molecular complexity index is 455. The molecule has 0 saturated heterocycles. The molecule has 2 N–H and O–H groups in total. The van der Waals surface area contributed by atoms with Crippen molar-refractivity contribution in [2.45, 2.75) is 46.2 Å². The van der Waals surface area contributed by atoms with E-state index in [2.05, 4.69) is 47.8 Å². The molecule has 0 amide bonds. The van der Waals surface area contributed by atoms with Gasteiger partial charge >= 0.3 is 0 Å². The lowest BCUT2D eigenvalue weighted by atomic mass is 10.1. The smallest absolute Gasteiger partial charge is 0.191 e. The summed E-state index contributed by atoms with van der Waals surface area (Å²) in [4.78, 5) is 8.77. The van der Waals surface area contributed by atoms with Crippen LogP contribution in [0, 0.1) is 0 Å². The first-order valence-electron chi connectivity index (χ1n) is 8.05. The summed E-state index contributed by atoms with van der Waals surface area (Å²) in [5, 5.41) is 8.97. The average molecular weight is 308 g/mol. The van der Waals surface area contributed by atoms with Crippen LogP contribution in [0.15, 0.2) is 16.4 Å². The molecule has 1 atom stereocenters. The second-order valence-electron chi connectivity index (χ2n) is 5.61. The zero-order valence-electron chi connectivity index (χ0n) is 13.5. The lowest BCUT2D eigenvalue weighted by Crippen LogP contribution is -2.42. The number of rotatable bonds is 6. The van der Waals surface area contributed by atoms with Gasteiger partial charge in [0.2, 0.25) is 0 Å². The highest BCUT2D eigenvalue weighted by Gasteiger charge is 2.16. The van der Waals surface area contributed by atoms with Gasteiger partial charge in [-0.1, -0.05) is 6.92 Å². The normalized spacial score (nSPS) is 17.4. The van der Waals surface area contributed by atoms with Crippen LogP contribution >= 0.6 is 11.3 Å². The van der Waals surface area contributed by atoms with E-state index in [1.54, 1.807) is 4.88 Å². The van der Waals surface area contributed by atoms with Crippen molar-refractivity contribution >= 4 is 17.3 Å². The largest absolute Gasteiger partial charge is 0.357 e. The van der Waals surface area contributed by atoms with E-state index < -0.39 is 0 Å². The summed E-state index contributed by atoms with van der Waals surface area (Å²) in [6.07, 6.45) is 2.30. The number of nitrogens with zero attached hydrogens (tertiary/aromatic N) is 2. The Balaban J connectivity index is 1.79. The van der Waals surface area contributed by atoms with E-state index in [0.29, 0.717) is 6.04 Å². The number of fused-ring (bicyclic) bond motifs is 1. The second-order valence-corrected chi connectivity index (χ2v) is 6.61. The van der Waals surface area contributed by atoms with Crippen LogP contribution in [0.5, 0.6) is 0 Å². The van der Waals surface area contributed by atoms with Crippen LogP contribution in [0.4, 0.5) is 0 Å². The molecule has 1 aromatic rings. The van der Waals surface area contributed by atoms with Crippen molar-refractivity contribution in [3.05, 3.63) is 21.9 Å². The summed E-state index contributed by atoms with van der Waals surface area (Å²) in [5.74, 6) is 0.945. The predicted molar refractivity (Wildman–Crippen MR) is 92.2 cm³/mol. The van der Waals surface area contributed by atoms with Gasteiger partial charge in [0.1, 0.15) is 0 Å². The van der Waals surface area contributed by atoms with E-state index in [1.165, 1.54) is 18.5 Å². The fourth-order valence-corrected chi connectivity index (χ4v) is 3.35. The quantitative estimate of drug-likeness (QED) is 0.626. The minimum atomic E-state index is 0.464. The molecule has 21 heavy (non-hydrogen) atoms. The average Bonchev–Trinajstić information content (AvgIpc) is 2.94. The summed E-state index contributed by atoms with van der Waals surface area (Å²) in [6.45, 7) is 11.5. The van der Waals surface area contributed by atoms with Crippen LogP contribution < -0.4 is 10.6 Å². The van der Waals surface area contributed by atoms with Crippen molar-refractivity contribution in [1.29, 1.82) is 0 Å². The molecule has 0 saturated carbocycles. The van der Waals surface area contributed by atoms with Gasteiger partial charge in [-0.2, -0.15) is 0 Å². The predicted octanol–water partition coefficient (Wildman–Crippen LogP) is 2.46. The summed E-state index contributed by atoms with van der Waals surface area (Å²) in [5.41, 5.74) is 1.51. The zero-order valence-corrected chi connectivity index (χ0v) is 14.3. The number of hydrogen-bond acceptors (Lipinski definition) is 3. The number of guanidine groups is 1. The Morgan fingerprint density at radius 3 is 3.10 bits per heavy atom. The van der Waals surface area contributed by atoms with E-state index in [9.17, 15) is 0 Å². The van der Waals surface area contributed by atoms with E-state index in [-0.39, 0.29) is 0 Å². The van der Waals surface area contributed by atoms with Gasteiger partial charge in [0.05, 0.1) is 6.54 Å². The van der Waals surface area contributed by atoms with Crippen LogP contribution in [0.1, 0.15) is 37.6 Å². The molecule has 0 bridgehead atoms. The number of nitrogens with one attached hydrogen (secondary N) is 2. The molecule has 2 heterocycles. The van der Waals surface area contributed by atoms with Crippen LogP contribution in [-0.4, -0.2) is 43.1 Å². The molecule has 0 spiro atoms. The van der Waals surface area contributed by atoms with Gasteiger partial charge in [-0.05, 0) is 43.7 Å². The Morgan fingerprint density at radius 1 is 1.48 bits per heavy atom.